The minimum absolute atomic E-state index is 0.155. The Labute approximate surface area is 126 Å². The van der Waals surface area contributed by atoms with Crippen LogP contribution in [0.5, 0.6) is 0 Å². The number of nitriles is 1. The van der Waals surface area contributed by atoms with Crippen molar-refractivity contribution in [1.29, 1.82) is 5.26 Å². The van der Waals surface area contributed by atoms with E-state index in [2.05, 4.69) is 11.4 Å². The molecular weight excluding hydrogens is 264 g/mol. The van der Waals surface area contributed by atoms with Crippen LogP contribution in [0.15, 0.2) is 24.3 Å². The van der Waals surface area contributed by atoms with Crippen LogP contribution < -0.4 is 5.32 Å². The lowest BCUT2D eigenvalue weighted by atomic mass is 9.82. The number of amides is 1. The first-order chi connectivity index (χ1) is 9.79. The predicted octanol–water partition coefficient (Wildman–Crippen LogP) is 2.50. The second-order valence-electron chi connectivity index (χ2n) is 5.93. The molecular formula is C17H24N2O2. The van der Waals surface area contributed by atoms with Gasteiger partial charge in [-0.05, 0) is 44.4 Å². The molecule has 114 valence electrons. The normalized spacial score (nSPS) is 11.8. The third kappa shape index (κ3) is 4.05. The number of aliphatic hydroxyl groups is 1. The summed E-state index contributed by atoms with van der Waals surface area (Å²) in [5, 5.41) is 22.0. The van der Waals surface area contributed by atoms with Crippen molar-refractivity contribution in [3.05, 3.63) is 35.4 Å². The summed E-state index contributed by atoms with van der Waals surface area (Å²) in [7, 11) is 0. The van der Waals surface area contributed by atoms with Crippen molar-refractivity contribution < 1.29 is 9.90 Å². The monoisotopic (exact) mass is 288 g/mol. The zero-order valence-corrected chi connectivity index (χ0v) is 13.2. The smallest absolute Gasteiger partial charge is 0.230 e. The molecule has 1 rings (SSSR count). The molecule has 4 nitrogen and oxygen atoms in total. The van der Waals surface area contributed by atoms with Gasteiger partial charge in [-0.25, -0.2) is 0 Å². The summed E-state index contributed by atoms with van der Waals surface area (Å²) in [6.07, 6.45) is 1.18. The van der Waals surface area contributed by atoms with Crippen LogP contribution in [0.25, 0.3) is 0 Å². The zero-order valence-electron chi connectivity index (χ0n) is 13.2. The van der Waals surface area contributed by atoms with E-state index in [9.17, 15) is 9.90 Å². The molecule has 1 aromatic carbocycles. The Kier molecular flexibility index (Phi) is 5.51. The topological polar surface area (TPSA) is 73.1 Å². The van der Waals surface area contributed by atoms with Gasteiger partial charge in [0.25, 0.3) is 0 Å². The van der Waals surface area contributed by atoms with Gasteiger partial charge in [-0.3, -0.25) is 4.79 Å². The Morgan fingerprint density at radius 1 is 1.33 bits per heavy atom. The molecule has 1 aromatic rings. The number of benzene rings is 1. The third-order valence-corrected chi connectivity index (χ3v) is 4.18. The fourth-order valence-electron chi connectivity index (χ4n) is 2.07. The van der Waals surface area contributed by atoms with E-state index in [1.807, 2.05) is 33.8 Å². The van der Waals surface area contributed by atoms with E-state index in [0.29, 0.717) is 18.4 Å². The van der Waals surface area contributed by atoms with Crippen molar-refractivity contribution in [2.45, 2.75) is 51.6 Å². The summed E-state index contributed by atoms with van der Waals surface area (Å²) in [6.45, 7) is 7.67. The third-order valence-electron chi connectivity index (χ3n) is 4.18. The van der Waals surface area contributed by atoms with Crippen LogP contribution in [0, 0.1) is 11.3 Å². The first-order valence-electron chi connectivity index (χ1n) is 7.30. The minimum Gasteiger partial charge on any atom is -0.388 e. The number of hydrogen-bond donors (Lipinski definition) is 2. The molecule has 0 fully saturated rings. The van der Waals surface area contributed by atoms with E-state index in [-0.39, 0.29) is 12.5 Å². The molecule has 1 amide bonds. The van der Waals surface area contributed by atoms with Gasteiger partial charge >= 0.3 is 0 Å². The summed E-state index contributed by atoms with van der Waals surface area (Å²) in [4.78, 5) is 12.4. The molecule has 2 N–H and O–H groups in total. The molecule has 21 heavy (non-hydrogen) atoms. The fourth-order valence-corrected chi connectivity index (χ4v) is 2.07. The highest BCUT2D eigenvalue weighted by atomic mass is 16.3. The van der Waals surface area contributed by atoms with E-state index in [1.165, 1.54) is 0 Å². The van der Waals surface area contributed by atoms with Gasteiger partial charge in [-0.2, -0.15) is 5.26 Å². The SMILES string of the molecule is CCC(O)(CC)CNC(=O)C(C)(C)c1cccc(C#N)c1. The molecule has 0 spiro atoms. The molecule has 0 aliphatic heterocycles. The molecule has 0 saturated carbocycles. The van der Waals surface area contributed by atoms with Gasteiger partial charge < -0.3 is 10.4 Å². The lowest BCUT2D eigenvalue weighted by Gasteiger charge is -2.29. The molecule has 0 aliphatic carbocycles. The lowest BCUT2D eigenvalue weighted by Crippen LogP contribution is -2.47. The largest absolute Gasteiger partial charge is 0.388 e. The minimum atomic E-state index is -0.861. The highest BCUT2D eigenvalue weighted by Gasteiger charge is 2.32. The number of carbonyl (C=O) groups is 1. The maximum absolute atomic E-state index is 12.4. The maximum atomic E-state index is 12.4. The lowest BCUT2D eigenvalue weighted by molar-refractivity contribution is -0.127. The molecule has 0 aromatic heterocycles. The Balaban J connectivity index is 2.87. The average molecular weight is 288 g/mol. The van der Waals surface area contributed by atoms with Crippen molar-refractivity contribution in [2.24, 2.45) is 0 Å². The highest BCUT2D eigenvalue weighted by Crippen LogP contribution is 2.24. The van der Waals surface area contributed by atoms with Crippen molar-refractivity contribution in [1.82, 2.24) is 5.32 Å². The zero-order chi connectivity index (χ0) is 16.1. The Bertz CT molecular complexity index is 540. The number of nitrogens with one attached hydrogen (secondary N) is 1. The van der Waals surface area contributed by atoms with Gasteiger partial charge in [-0.1, -0.05) is 26.0 Å². The molecule has 4 heteroatoms. The standard InChI is InChI=1S/C17H24N2O2/c1-5-17(21,6-2)12-19-15(20)16(3,4)14-9-7-8-13(10-14)11-18/h7-10,21H,5-6,12H2,1-4H3,(H,19,20). The molecule has 0 saturated heterocycles. The number of carbonyl (C=O) groups excluding carboxylic acids is 1. The molecule has 0 radical (unpaired) electrons. The van der Waals surface area contributed by atoms with Crippen molar-refractivity contribution in [3.8, 4) is 6.07 Å². The van der Waals surface area contributed by atoms with Gasteiger partial charge in [0.1, 0.15) is 0 Å². The Morgan fingerprint density at radius 2 is 1.95 bits per heavy atom. The fraction of sp³-hybridized carbons (Fsp3) is 0.529. The van der Waals surface area contributed by atoms with Gasteiger partial charge in [-0.15, -0.1) is 0 Å². The molecule has 0 unspecified atom stereocenters. The summed E-state index contributed by atoms with van der Waals surface area (Å²) in [5.41, 5.74) is -0.294. The number of nitrogens with zero attached hydrogens (tertiary/aromatic N) is 1. The Hall–Kier alpha value is -1.86. The summed E-state index contributed by atoms with van der Waals surface area (Å²) < 4.78 is 0. The number of rotatable bonds is 6. The van der Waals surface area contributed by atoms with Gasteiger partial charge in [0.15, 0.2) is 0 Å². The van der Waals surface area contributed by atoms with E-state index in [4.69, 9.17) is 5.26 Å². The van der Waals surface area contributed by atoms with Crippen LogP contribution in [0.1, 0.15) is 51.7 Å². The van der Waals surface area contributed by atoms with E-state index in [0.717, 1.165) is 5.56 Å². The molecule has 0 heterocycles. The maximum Gasteiger partial charge on any atom is 0.230 e. The second-order valence-corrected chi connectivity index (χ2v) is 5.93. The van der Waals surface area contributed by atoms with Crippen molar-refractivity contribution >= 4 is 5.91 Å². The summed E-state index contributed by atoms with van der Waals surface area (Å²) >= 11 is 0. The van der Waals surface area contributed by atoms with Crippen LogP contribution in [-0.2, 0) is 10.2 Å². The first kappa shape index (κ1) is 17.2. The van der Waals surface area contributed by atoms with Gasteiger partial charge in [0.2, 0.25) is 5.91 Å². The van der Waals surface area contributed by atoms with E-state index < -0.39 is 11.0 Å². The second kappa shape index (κ2) is 6.73. The molecule has 0 bridgehead atoms. The predicted molar refractivity (Wildman–Crippen MR) is 82.7 cm³/mol. The van der Waals surface area contributed by atoms with Crippen LogP contribution >= 0.6 is 0 Å². The van der Waals surface area contributed by atoms with Crippen molar-refractivity contribution in [3.63, 3.8) is 0 Å². The molecule has 0 atom stereocenters. The van der Waals surface area contributed by atoms with E-state index >= 15 is 0 Å². The Morgan fingerprint density at radius 3 is 2.48 bits per heavy atom. The van der Waals surface area contributed by atoms with Gasteiger partial charge in [0, 0.05) is 6.54 Å². The van der Waals surface area contributed by atoms with Crippen LogP contribution in [0.4, 0.5) is 0 Å². The first-order valence-corrected chi connectivity index (χ1v) is 7.30. The van der Waals surface area contributed by atoms with Crippen LogP contribution in [0.3, 0.4) is 0 Å². The summed E-state index contributed by atoms with van der Waals surface area (Å²) in [5.74, 6) is -0.155. The average Bonchev–Trinajstić information content (AvgIpc) is 2.52. The van der Waals surface area contributed by atoms with Crippen molar-refractivity contribution in [2.75, 3.05) is 6.54 Å². The van der Waals surface area contributed by atoms with Crippen LogP contribution in [0.2, 0.25) is 0 Å². The van der Waals surface area contributed by atoms with Crippen LogP contribution in [-0.4, -0.2) is 23.2 Å². The number of hydrogen-bond acceptors (Lipinski definition) is 3. The summed E-state index contributed by atoms with van der Waals surface area (Å²) in [6, 6.07) is 9.14. The van der Waals surface area contributed by atoms with E-state index in [1.54, 1.807) is 18.2 Å². The quantitative estimate of drug-likeness (QED) is 0.844. The molecule has 0 aliphatic rings. The highest BCUT2D eigenvalue weighted by molar-refractivity contribution is 5.87. The van der Waals surface area contributed by atoms with Gasteiger partial charge in [0.05, 0.1) is 22.6 Å².